The molecule has 0 aromatic heterocycles. The second kappa shape index (κ2) is 2.57. The molecule has 0 aromatic rings. The molecule has 0 radical (unpaired) electrons. The van der Waals surface area contributed by atoms with E-state index >= 15 is 0 Å². The van der Waals surface area contributed by atoms with E-state index in [9.17, 15) is 8.42 Å². The van der Waals surface area contributed by atoms with Crippen LogP contribution in [0.1, 0.15) is 12.8 Å². The molecule has 0 unspecified atom stereocenters. The van der Waals surface area contributed by atoms with Crippen LogP contribution in [0.4, 0.5) is 0 Å². The van der Waals surface area contributed by atoms with E-state index in [4.69, 9.17) is 0 Å². The Labute approximate surface area is 73.1 Å². The molecule has 68 valence electrons. The Kier molecular flexibility index (Phi) is 1.77. The quantitative estimate of drug-likeness (QED) is 0.564. The number of sulfonamides is 1. The summed E-state index contributed by atoms with van der Waals surface area (Å²) in [7, 11) is -2.94. The van der Waals surface area contributed by atoms with Crippen molar-refractivity contribution in [1.29, 1.82) is 0 Å². The first-order chi connectivity index (χ1) is 5.59. The minimum Gasteiger partial charge on any atom is -0.212 e. The van der Waals surface area contributed by atoms with Crippen molar-refractivity contribution in [3.05, 3.63) is 12.2 Å². The summed E-state index contributed by atoms with van der Waals surface area (Å²) in [6.07, 6.45) is 7.48. The SMILES string of the molecule is CS(=O)(=O)N1C[C@@H]2CC=CC[C@@H]21. The van der Waals surface area contributed by atoms with Gasteiger partial charge >= 0.3 is 0 Å². The monoisotopic (exact) mass is 187 g/mol. The first kappa shape index (κ1) is 8.26. The van der Waals surface area contributed by atoms with Gasteiger partial charge in [0.05, 0.1) is 6.26 Å². The number of hydrogen-bond acceptors (Lipinski definition) is 2. The van der Waals surface area contributed by atoms with Crippen LogP contribution in [0.5, 0.6) is 0 Å². The Balaban J connectivity index is 2.13. The lowest BCUT2D eigenvalue weighted by Gasteiger charge is -2.47. The molecule has 3 nitrogen and oxygen atoms in total. The van der Waals surface area contributed by atoms with Gasteiger partial charge in [0.15, 0.2) is 0 Å². The van der Waals surface area contributed by atoms with Crippen LogP contribution >= 0.6 is 0 Å². The van der Waals surface area contributed by atoms with Crippen molar-refractivity contribution in [2.24, 2.45) is 5.92 Å². The summed E-state index contributed by atoms with van der Waals surface area (Å²) in [4.78, 5) is 0. The Morgan fingerprint density at radius 1 is 1.33 bits per heavy atom. The topological polar surface area (TPSA) is 37.4 Å². The molecule has 2 atom stereocenters. The van der Waals surface area contributed by atoms with Crippen molar-refractivity contribution in [2.45, 2.75) is 18.9 Å². The van der Waals surface area contributed by atoms with Crippen molar-refractivity contribution in [1.82, 2.24) is 4.31 Å². The highest BCUT2D eigenvalue weighted by atomic mass is 32.2. The third-order valence-corrected chi connectivity index (χ3v) is 4.01. The van der Waals surface area contributed by atoms with Crippen LogP contribution in [-0.4, -0.2) is 31.6 Å². The molecule has 2 rings (SSSR count). The summed E-state index contributed by atoms with van der Waals surface area (Å²) < 4.78 is 24.0. The van der Waals surface area contributed by atoms with Crippen molar-refractivity contribution in [2.75, 3.05) is 12.8 Å². The molecule has 1 aliphatic carbocycles. The van der Waals surface area contributed by atoms with Crippen LogP contribution in [-0.2, 0) is 10.0 Å². The van der Waals surface area contributed by atoms with Gasteiger partial charge in [0.2, 0.25) is 10.0 Å². The van der Waals surface area contributed by atoms with E-state index in [0.717, 1.165) is 19.4 Å². The average Bonchev–Trinajstić information content (AvgIpc) is 1.88. The highest BCUT2D eigenvalue weighted by Gasteiger charge is 2.43. The van der Waals surface area contributed by atoms with E-state index in [2.05, 4.69) is 12.2 Å². The molecule has 1 aliphatic heterocycles. The fourth-order valence-electron chi connectivity index (χ4n) is 2.01. The van der Waals surface area contributed by atoms with Gasteiger partial charge in [-0.3, -0.25) is 0 Å². The molecule has 0 bridgehead atoms. The van der Waals surface area contributed by atoms with Crippen LogP contribution in [0, 0.1) is 5.92 Å². The predicted molar refractivity (Wildman–Crippen MR) is 47.2 cm³/mol. The second-order valence-electron chi connectivity index (χ2n) is 3.60. The summed E-state index contributed by atoms with van der Waals surface area (Å²) in [5, 5.41) is 0. The van der Waals surface area contributed by atoms with Crippen LogP contribution < -0.4 is 0 Å². The van der Waals surface area contributed by atoms with Crippen LogP contribution in [0.2, 0.25) is 0 Å². The lowest BCUT2D eigenvalue weighted by molar-refractivity contribution is 0.0998. The fourth-order valence-corrected chi connectivity index (χ4v) is 3.23. The van der Waals surface area contributed by atoms with Gasteiger partial charge in [-0.25, -0.2) is 8.42 Å². The third kappa shape index (κ3) is 1.19. The zero-order chi connectivity index (χ0) is 8.77. The molecule has 0 aromatic carbocycles. The zero-order valence-corrected chi connectivity index (χ0v) is 7.92. The van der Waals surface area contributed by atoms with Gasteiger partial charge in [-0.15, -0.1) is 0 Å². The van der Waals surface area contributed by atoms with Crippen molar-refractivity contribution < 1.29 is 8.42 Å². The molecule has 1 fully saturated rings. The van der Waals surface area contributed by atoms with E-state index in [1.165, 1.54) is 6.26 Å². The van der Waals surface area contributed by atoms with Crippen LogP contribution in [0.25, 0.3) is 0 Å². The maximum atomic E-state index is 11.2. The minimum atomic E-state index is -2.94. The van der Waals surface area contributed by atoms with Gasteiger partial charge in [-0.2, -0.15) is 4.31 Å². The molecule has 0 amide bonds. The first-order valence-electron chi connectivity index (χ1n) is 4.21. The van der Waals surface area contributed by atoms with E-state index in [0.29, 0.717) is 5.92 Å². The number of allylic oxidation sites excluding steroid dienone is 1. The molecular weight excluding hydrogens is 174 g/mol. The summed E-state index contributed by atoms with van der Waals surface area (Å²) >= 11 is 0. The Bertz CT molecular complexity index is 307. The first-order valence-corrected chi connectivity index (χ1v) is 6.05. The zero-order valence-electron chi connectivity index (χ0n) is 7.10. The lowest BCUT2D eigenvalue weighted by Crippen LogP contribution is -2.58. The van der Waals surface area contributed by atoms with Gasteiger partial charge in [-0.1, -0.05) is 12.2 Å². The highest BCUT2D eigenvalue weighted by Crippen LogP contribution is 2.35. The van der Waals surface area contributed by atoms with Gasteiger partial charge < -0.3 is 0 Å². The number of rotatable bonds is 1. The molecule has 1 saturated heterocycles. The van der Waals surface area contributed by atoms with Crippen LogP contribution in [0.15, 0.2) is 12.2 Å². The normalized spacial score (nSPS) is 35.8. The van der Waals surface area contributed by atoms with Crippen molar-refractivity contribution >= 4 is 10.0 Å². The number of hydrogen-bond donors (Lipinski definition) is 0. The molecule has 2 aliphatic rings. The molecule has 4 heteroatoms. The highest BCUT2D eigenvalue weighted by molar-refractivity contribution is 7.88. The van der Waals surface area contributed by atoms with E-state index in [1.807, 2.05) is 0 Å². The summed E-state index contributed by atoms with van der Waals surface area (Å²) in [6.45, 7) is 0.730. The second-order valence-corrected chi connectivity index (χ2v) is 5.54. The summed E-state index contributed by atoms with van der Waals surface area (Å²) in [6, 6.07) is 0.269. The van der Waals surface area contributed by atoms with Crippen molar-refractivity contribution in [3.8, 4) is 0 Å². The molecule has 0 spiro atoms. The lowest BCUT2D eigenvalue weighted by atomic mass is 9.83. The Morgan fingerprint density at radius 2 is 2.00 bits per heavy atom. The fraction of sp³-hybridized carbons (Fsp3) is 0.750. The summed E-state index contributed by atoms with van der Waals surface area (Å²) in [5.41, 5.74) is 0. The van der Waals surface area contributed by atoms with E-state index in [1.54, 1.807) is 4.31 Å². The smallest absolute Gasteiger partial charge is 0.211 e. The van der Waals surface area contributed by atoms with Gasteiger partial charge in [-0.05, 0) is 18.8 Å². The molecule has 0 N–H and O–H groups in total. The molecule has 1 heterocycles. The molecule has 12 heavy (non-hydrogen) atoms. The molecule has 0 saturated carbocycles. The maximum absolute atomic E-state index is 11.2. The maximum Gasteiger partial charge on any atom is 0.211 e. The Hall–Kier alpha value is -0.350. The standard InChI is InChI=1S/C8H13NO2S/c1-12(10,11)9-6-7-4-2-3-5-8(7)9/h2-3,7-8H,4-6H2,1H3/t7-,8-/m0/s1. The van der Waals surface area contributed by atoms with E-state index in [-0.39, 0.29) is 6.04 Å². The number of nitrogens with zero attached hydrogens (tertiary/aromatic N) is 1. The average molecular weight is 187 g/mol. The third-order valence-electron chi connectivity index (χ3n) is 2.74. The van der Waals surface area contributed by atoms with Gasteiger partial charge in [0, 0.05) is 12.6 Å². The molecular formula is C8H13NO2S. The van der Waals surface area contributed by atoms with Crippen molar-refractivity contribution in [3.63, 3.8) is 0 Å². The Morgan fingerprint density at radius 3 is 2.58 bits per heavy atom. The van der Waals surface area contributed by atoms with Crippen LogP contribution in [0.3, 0.4) is 0 Å². The number of fused-ring (bicyclic) bond motifs is 1. The van der Waals surface area contributed by atoms with E-state index < -0.39 is 10.0 Å². The minimum absolute atomic E-state index is 0.269. The predicted octanol–water partition coefficient (Wildman–Crippen LogP) is 0.596. The largest absolute Gasteiger partial charge is 0.212 e. The van der Waals surface area contributed by atoms with Gasteiger partial charge in [0.25, 0.3) is 0 Å². The van der Waals surface area contributed by atoms with Gasteiger partial charge in [0.1, 0.15) is 0 Å². The summed E-state index contributed by atoms with van der Waals surface area (Å²) in [5.74, 6) is 0.588.